The number of likely N-dealkylation sites (tertiary alicyclic amines) is 1. The molecule has 8 nitrogen and oxygen atoms in total. The van der Waals surface area contributed by atoms with E-state index in [4.69, 9.17) is 0 Å². The first-order chi connectivity index (χ1) is 11.7. The normalized spacial score (nSPS) is 16.2. The predicted molar refractivity (Wildman–Crippen MR) is 87.7 cm³/mol. The minimum atomic E-state index is 0.150. The maximum atomic E-state index is 12.8. The summed E-state index contributed by atoms with van der Waals surface area (Å²) in [7, 11) is 2.13. The summed E-state index contributed by atoms with van der Waals surface area (Å²) in [6, 6.07) is 4.23. The van der Waals surface area contributed by atoms with Crippen LogP contribution in [-0.4, -0.2) is 67.1 Å². The number of carbonyl (C=O) groups is 1. The molecular formula is C16H23N7O. The van der Waals surface area contributed by atoms with Crippen LogP contribution in [0.3, 0.4) is 0 Å². The van der Waals surface area contributed by atoms with Gasteiger partial charge in [-0.05, 0) is 61.1 Å². The molecule has 0 spiro atoms. The molecule has 3 rings (SSSR count). The molecule has 0 aliphatic carbocycles. The van der Waals surface area contributed by atoms with Crippen molar-refractivity contribution in [3.8, 4) is 0 Å². The third kappa shape index (κ3) is 4.35. The highest BCUT2D eigenvalue weighted by atomic mass is 16.2. The lowest BCUT2D eigenvalue weighted by Crippen LogP contribution is -2.46. The molecule has 1 amide bonds. The van der Waals surface area contributed by atoms with Crippen LogP contribution >= 0.6 is 0 Å². The Morgan fingerprint density at radius 1 is 1.29 bits per heavy atom. The SMILES string of the molecule is CN1CCC(N(Cc2ccncc2)C(=O)CCn2cnnn2)CC1. The number of tetrazole rings is 1. The van der Waals surface area contributed by atoms with Crippen LogP contribution in [0.2, 0.25) is 0 Å². The minimum Gasteiger partial charge on any atom is -0.335 e. The van der Waals surface area contributed by atoms with Crippen molar-refractivity contribution in [3.05, 3.63) is 36.4 Å². The monoisotopic (exact) mass is 329 g/mol. The van der Waals surface area contributed by atoms with Gasteiger partial charge in [-0.1, -0.05) is 0 Å². The summed E-state index contributed by atoms with van der Waals surface area (Å²) >= 11 is 0. The Kier molecular flexibility index (Phi) is 5.47. The Morgan fingerprint density at radius 3 is 2.71 bits per heavy atom. The van der Waals surface area contributed by atoms with Crippen molar-refractivity contribution in [3.63, 3.8) is 0 Å². The maximum absolute atomic E-state index is 12.8. The molecular weight excluding hydrogens is 306 g/mol. The molecule has 1 saturated heterocycles. The summed E-state index contributed by atoms with van der Waals surface area (Å²) in [4.78, 5) is 21.2. The van der Waals surface area contributed by atoms with Crippen LogP contribution in [0, 0.1) is 0 Å². The second-order valence-electron chi connectivity index (χ2n) is 6.23. The molecule has 0 N–H and O–H groups in total. The average molecular weight is 329 g/mol. The first-order valence-corrected chi connectivity index (χ1v) is 8.30. The molecule has 8 heteroatoms. The molecule has 2 aromatic heterocycles. The minimum absolute atomic E-state index is 0.150. The highest BCUT2D eigenvalue weighted by molar-refractivity contribution is 5.76. The van der Waals surface area contributed by atoms with Gasteiger partial charge in [-0.2, -0.15) is 0 Å². The van der Waals surface area contributed by atoms with E-state index in [1.165, 1.54) is 6.33 Å². The number of piperidine rings is 1. The molecule has 0 unspecified atom stereocenters. The fourth-order valence-corrected chi connectivity index (χ4v) is 3.05. The fourth-order valence-electron chi connectivity index (χ4n) is 3.05. The first kappa shape index (κ1) is 16.5. The Hall–Kier alpha value is -2.35. The van der Waals surface area contributed by atoms with Gasteiger partial charge in [0.25, 0.3) is 0 Å². The summed E-state index contributed by atoms with van der Waals surface area (Å²) in [6.45, 7) is 3.19. The Morgan fingerprint density at radius 2 is 2.04 bits per heavy atom. The second kappa shape index (κ2) is 7.96. The largest absolute Gasteiger partial charge is 0.335 e. The number of hydrogen-bond donors (Lipinski definition) is 0. The van der Waals surface area contributed by atoms with Gasteiger partial charge < -0.3 is 9.80 Å². The number of nitrogens with zero attached hydrogens (tertiary/aromatic N) is 7. The lowest BCUT2D eigenvalue weighted by Gasteiger charge is -2.37. The Bertz CT molecular complexity index is 623. The topological polar surface area (TPSA) is 80.0 Å². The van der Waals surface area contributed by atoms with Crippen LogP contribution in [0.1, 0.15) is 24.8 Å². The first-order valence-electron chi connectivity index (χ1n) is 8.30. The highest BCUT2D eigenvalue weighted by Gasteiger charge is 2.26. The van der Waals surface area contributed by atoms with Gasteiger partial charge in [0.05, 0.1) is 6.54 Å². The molecule has 128 valence electrons. The number of aryl methyl sites for hydroxylation is 1. The van der Waals surface area contributed by atoms with E-state index in [2.05, 4.69) is 32.5 Å². The second-order valence-corrected chi connectivity index (χ2v) is 6.23. The van der Waals surface area contributed by atoms with Crippen molar-refractivity contribution in [1.29, 1.82) is 0 Å². The van der Waals surface area contributed by atoms with Crippen molar-refractivity contribution < 1.29 is 4.79 Å². The predicted octanol–water partition coefficient (Wildman–Crippen LogP) is 0.581. The van der Waals surface area contributed by atoms with Crippen LogP contribution in [0.25, 0.3) is 0 Å². The van der Waals surface area contributed by atoms with E-state index in [9.17, 15) is 4.79 Å². The summed E-state index contributed by atoms with van der Waals surface area (Å²) in [6.07, 6.45) is 7.51. The number of aromatic nitrogens is 5. The van der Waals surface area contributed by atoms with Gasteiger partial charge in [0, 0.05) is 31.4 Å². The van der Waals surface area contributed by atoms with E-state index in [0.29, 0.717) is 19.5 Å². The molecule has 1 aliphatic rings. The quantitative estimate of drug-likeness (QED) is 0.771. The zero-order valence-corrected chi connectivity index (χ0v) is 14.0. The van der Waals surface area contributed by atoms with Crippen molar-refractivity contribution in [2.45, 2.75) is 38.4 Å². The van der Waals surface area contributed by atoms with Gasteiger partial charge in [0.1, 0.15) is 6.33 Å². The van der Waals surface area contributed by atoms with E-state index in [1.807, 2.05) is 17.0 Å². The van der Waals surface area contributed by atoms with Gasteiger partial charge in [0.2, 0.25) is 5.91 Å². The van der Waals surface area contributed by atoms with Crippen LogP contribution in [0.4, 0.5) is 0 Å². The molecule has 1 fully saturated rings. The molecule has 0 atom stereocenters. The fraction of sp³-hybridized carbons (Fsp3) is 0.562. The zero-order chi connectivity index (χ0) is 16.8. The molecule has 0 saturated carbocycles. The van der Waals surface area contributed by atoms with Crippen LogP contribution in [0.5, 0.6) is 0 Å². The van der Waals surface area contributed by atoms with Gasteiger partial charge in [-0.25, -0.2) is 4.68 Å². The van der Waals surface area contributed by atoms with Crippen molar-refractivity contribution >= 4 is 5.91 Å². The number of pyridine rings is 1. The lowest BCUT2D eigenvalue weighted by molar-refractivity contribution is -0.135. The van der Waals surface area contributed by atoms with Gasteiger partial charge in [-0.3, -0.25) is 9.78 Å². The molecule has 0 radical (unpaired) electrons. The summed E-state index contributed by atoms with van der Waals surface area (Å²) in [5, 5.41) is 11.0. The summed E-state index contributed by atoms with van der Waals surface area (Å²) in [5.74, 6) is 0.150. The van der Waals surface area contributed by atoms with E-state index < -0.39 is 0 Å². The Balaban J connectivity index is 1.67. The van der Waals surface area contributed by atoms with Crippen molar-refractivity contribution in [1.82, 2.24) is 35.0 Å². The van der Waals surface area contributed by atoms with E-state index in [1.54, 1.807) is 17.1 Å². The average Bonchev–Trinajstić information content (AvgIpc) is 3.13. The molecule has 3 heterocycles. The van der Waals surface area contributed by atoms with E-state index >= 15 is 0 Å². The summed E-state index contributed by atoms with van der Waals surface area (Å²) in [5.41, 5.74) is 1.11. The van der Waals surface area contributed by atoms with Crippen LogP contribution in [-0.2, 0) is 17.9 Å². The third-order valence-electron chi connectivity index (χ3n) is 4.50. The standard InChI is InChI=1S/C16H23N7O/c1-21-9-4-15(5-10-21)23(12-14-2-7-17-8-3-14)16(24)6-11-22-13-18-19-20-22/h2-3,7-8,13,15H,4-6,9-12H2,1H3. The molecule has 2 aromatic rings. The lowest BCUT2D eigenvalue weighted by atomic mass is 10.0. The highest BCUT2D eigenvalue weighted by Crippen LogP contribution is 2.19. The summed E-state index contributed by atoms with van der Waals surface area (Å²) < 4.78 is 1.59. The van der Waals surface area contributed by atoms with E-state index in [0.717, 1.165) is 31.5 Å². The molecule has 1 aliphatic heterocycles. The van der Waals surface area contributed by atoms with Crippen LogP contribution in [0.15, 0.2) is 30.9 Å². The van der Waals surface area contributed by atoms with Crippen molar-refractivity contribution in [2.24, 2.45) is 0 Å². The molecule has 0 aromatic carbocycles. The molecule has 0 bridgehead atoms. The number of hydrogen-bond acceptors (Lipinski definition) is 6. The smallest absolute Gasteiger partial charge is 0.224 e. The number of rotatable bonds is 6. The zero-order valence-electron chi connectivity index (χ0n) is 14.0. The third-order valence-corrected chi connectivity index (χ3v) is 4.50. The van der Waals surface area contributed by atoms with E-state index in [-0.39, 0.29) is 11.9 Å². The number of carbonyl (C=O) groups excluding carboxylic acids is 1. The van der Waals surface area contributed by atoms with Crippen molar-refractivity contribution in [2.75, 3.05) is 20.1 Å². The van der Waals surface area contributed by atoms with Crippen LogP contribution < -0.4 is 0 Å². The number of amides is 1. The Labute approximate surface area is 141 Å². The van der Waals surface area contributed by atoms with Gasteiger partial charge in [0.15, 0.2) is 0 Å². The van der Waals surface area contributed by atoms with Gasteiger partial charge in [-0.15, -0.1) is 5.10 Å². The molecule has 24 heavy (non-hydrogen) atoms. The van der Waals surface area contributed by atoms with Gasteiger partial charge >= 0.3 is 0 Å². The maximum Gasteiger partial charge on any atom is 0.224 e.